The first-order valence-corrected chi connectivity index (χ1v) is 11.6. The number of carbonyl (C=O) groups excluding carboxylic acids is 1. The van der Waals surface area contributed by atoms with Gasteiger partial charge in [0.15, 0.2) is 11.0 Å². The number of hydrogen-bond acceptors (Lipinski definition) is 4. The highest BCUT2D eigenvalue weighted by Crippen LogP contribution is 2.28. The van der Waals surface area contributed by atoms with E-state index in [1.54, 1.807) is 11.8 Å². The summed E-state index contributed by atoms with van der Waals surface area (Å²) in [6.45, 7) is 8.65. The molecule has 0 spiro atoms. The first-order valence-electron chi connectivity index (χ1n) is 10.6. The minimum Gasteiger partial charge on any atom is -0.326 e. The van der Waals surface area contributed by atoms with Crippen LogP contribution in [0, 0.1) is 13.8 Å². The second kappa shape index (κ2) is 9.44. The Labute approximate surface area is 192 Å². The second-order valence-electron chi connectivity index (χ2n) is 7.72. The summed E-state index contributed by atoms with van der Waals surface area (Å²) in [4.78, 5) is 11.2. The van der Waals surface area contributed by atoms with Crippen molar-refractivity contribution in [2.75, 3.05) is 5.32 Å². The van der Waals surface area contributed by atoms with Gasteiger partial charge in [-0.3, -0.25) is 4.79 Å². The van der Waals surface area contributed by atoms with Crippen LogP contribution in [0.2, 0.25) is 0 Å². The van der Waals surface area contributed by atoms with Crippen LogP contribution < -0.4 is 5.32 Å². The van der Waals surface area contributed by atoms with Crippen LogP contribution in [0.1, 0.15) is 30.8 Å². The number of nitrogens with one attached hydrogen (secondary N) is 1. The summed E-state index contributed by atoms with van der Waals surface area (Å²) in [5.41, 5.74) is 6.61. The SMILES string of the molecule is CCn1c(SCc2ccc(NC(C)=O)cc2)nnc1-c1ccc(-n2c(C)ccc2C)cc1. The van der Waals surface area contributed by atoms with Crippen LogP contribution in [0.25, 0.3) is 17.1 Å². The molecule has 0 aliphatic heterocycles. The molecule has 4 aromatic rings. The Hall–Kier alpha value is -3.32. The Kier molecular flexibility index (Phi) is 6.46. The van der Waals surface area contributed by atoms with E-state index in [9.17, 15) is 4.79 Å². The van der Waals surface area contributed by atoms with E-state index in [-0.39, 0.29) is 5.91 Å². The van der Waals surface area contributed by atoms with Crippen molar-refractivity contribution in [3.05, 3.63) is 77.6 Å². The number of thioether (sulfide) groups is 1. The molecule has 4 rings (SSSR count). The van der Waals surface area contributed by atoms with Gasteiger partial charge in [0.05, 0.1) is 0 Å². The number of rotatable bonds is 7. The van der Waals surface area contributed by atoms with E-state index in [0.717, 1.165) is 45.8 Å². The Morgan fingerprint density at radius 2 is 1.59 bits per heavy atom. The van der Waals surface area contributed by atoms with Crippen molar-refractivity contribution in [3.63, 3.8) is 0 Å². The molecule has 1 amide bonds. The zero-order chi connectivity index (χ0) is 22.7. The number of aromatic nitrogens is 4. The van der Waals surface area contributed by atoms with E-state index >= 15 is 0 Å². The zero-order valence-corrected chi connectivity index (χ0v) is 19.6. The van der Waals surface area contributed by atoms with Crippen LogP contribution in [0.3, 0.4) is 0 Å². The summed E-state index contributed by atoms with van der Waals surface area (Å²) >= 11 is 1.66. The van der Waals surface area contributed by atoms with E-state index in [0.29, 0.717) is 0 Å². The first-order chi connectivity index (χ1) is 15.5. The predicted molar refractivity (Wildman–Crippen MR) is 130 cm³/mol. The van der Waals surface area contributed by atoms with Gasteiger partial charge in [0, 0.05) is 47.5 Å². The average molecular weight is 446 g/mol. The number of benzene rings is 2. The van der Waals surface area contributed by atoms with Crippen molar-refractivity contribution in [2.24, 2.45) is 0 Å². The lowest BCUT2D eigenvalue weighted by Crippen LogP contribution is -2.05. The topological polar surface area (TPSA) is 64.7 Å². The fourth-order valence-corrected chi connectivity index (χ4v) is 4.72. The lowest BCUT2D eigenvalue weighted by molar-refractivity contribution is -0.114. The van der Waals surface area contributed by atoms with Gasteiger partial charge in [-0.1, -0.05) is 23.9 Å². The van der Waals surface area contributed by atoms with Crippen molar-refractivity contribution in [2.45, 2.75) is 45.1 Å². The predicted octanol–water partition coefficient (Wildman–Crippen LogP) is 5.62. The lowest BCUT2D eigenvalue weighted by atomic mass is 10.2. The highest BCUT2D eigenvalue weighted by molar-refractivity contribution is 7.98. The van der Waals surface area contributed by atoms with Gasteiger partial charge in [-0.15, -0.1) is 10.2 Å². The molecule has 2 heterocycles. The van der Waals surface area contributed by atoms with Gasteiger partial charge in [-0.05, 0) is 74.9 Å². The summed E-state index contributed by atoms with van der Waals surface area (Å²) in [6.07, 6.45) is 0. The molecule has 2 aromatic carbocycles. The maximum atomic E-state index is 11.2. The molecular formula is C25H27N5OS. The molecule has 0 saturated heterocycles. The van der Waals surface area contributed by atoms with E-state index in [1.165, 1.54) is 18.3 Å². The molecule has 0 saturated carbocycles. The molecule has 32 heavy (non-hydrogen) atoms. The largest absolute Gasteiger partial charge is 0.326 e. The molecule has 0 radical (unpaired) electrons. The number of aryl methyl sites for hydroxylation is 2. The third kappa shape index (κ3) is 4.62. The number of carbonyl (C=O) groups is 1. The number of amides is 1. The maximum absolute atomic E-state index is 11.2. The highest BCUT2D eigenvalue weighted by atomic mass is 32.2. The van der Waals surface area contributed by atoms with Crippen molar-refractivity contribution in [3.8, 4) is 17.1 Å². The summed E-state index contributed by atoms with van der Waals surface area (Å²) in [5, 5.41) is 12.6. The Morgan fingerprint density at radius 3 is 2.19 bits per heavy atom. The normalized spacial score (nSPS) is 11.0. The van der Waals surface area contributed by atoms with Gasteiger partial charge in [0.1, 0.15) is 0 Å². The number of hydrogen-bond donors (Lipinski definition) is 1. The van der Waals surface area contributed by atoms with Crippen molar-refractivity contribution in [1.82, 2.24) is 19.3 Å². The Balaban J connectivity index is 1.50. The highest BCUT2D eigenvalue weighted by Gasteiger charge is 2.14. The van der Waals surface area contributed by atoms with Crippen LogP contribution in [0.15, 0.2) is 65.8 Å². The number of nitrogens with zero attached hydrogens (tertiary/aromatic N) is 4. The fourth-order valence-electron chi connectivity index (χ4n) is 3.76. The summed E-state index contributed by atoms with van der Waals surface area (Å²) in [5.74, 6) is 1.59. The van der Waals surface area contributed by atoms with Gasteiger partial charge >= 0.3 is 0 Å². The van der Waals surface area contributed by atoms with Crippen LogP contribution >= 0.6 is 11.8 Å². The molecular weight excluding hydrogens is 418 g/mol. The third-order valence-corrected chi connectivity index (χ3v) is 6.37. The molecule has 0 fully saturated rings. The third-order valence-electron chi connectivity index (χ3n) is 5.33. The van der Waals surface area contributed by atoms with Crippen molar-refractivity contribution < 1.29 is 4.79 Å². The van der Waals surface area contributed by atoms with Crippen LogP contribution in [0.4, 0.5) is 5.69 Å². The summed E-state index contributed by atoms with van der Waals surface area (Å²) < 4.78 is 4.39. The Morgan fingerprint density at radius 1 is 0.938 bits per heavy atom. The zero-order valence-electron chi connectivity index (χ0n) is 18.8. The molecule has 0 unspecified atom stereocenters. The van der Waals surface area contributed by atoms with E-state index in [1.807, 2.05) is 24.3 Å². The van der Waals surface area contributed by atoms with Crippen LogP contribution in [-0.2, 0) is 17.1 Å². The molecule has 0 aliphatic rings. The molecule has 2 aromatic heterocycles. The van der Waals surface area contributed by atoms with Crippen LogP contribution in [0.5, 0.6) is 0 Å². The Bertz CT molecular complexity index is 1200. The van der Waals surface area contributed by atoms with Gasteiger partial charge < -0.3 is 14.5 Å². The van der Waals surface area contributed by atoms with Gasteiger partial charge in [0.2, 0.25) is 5.91 Å². The molecule has 164 valence electrons. The van der Waals surface area contributed by atoms with E-state index < -0.39 is 0 Å². The van der Waals surface area contributed by atoms with E-state index in [2.05, 4.69) is 81.8 Å². The molecule has 0 bridgehead atoms. The van der Waals surface area contributed by atoms with E-state index in [4.69, 9.17) is 0 Å². The number of anilines is 1. The monoisotopic (exact) mass is 445 g/mol. The molecule has 7 heteroatoms. The second-order valence-corrected chi connectivity index (χ2v) is 8.66. The van der Waals surface area contributed by atoms with Gasteiger partial charge in [0.25, 0.3) is 0 Å². The maximum Gasteiger partial charge on any atom is 0.221 e. The average Bonchev–Trinajstić information content (AvgIpc) is 3.35. The first kappa shape index (κ1) is 21.9. The van der Waals surface area contributed by atoms with Crippen molar-refractivity contribution >= 4 is 23.4 Å². The van der Waals surface area contributed by atoms with Crippen LogP contribution in [-0.4, -0.2) is 25.2 Å². The molecule has 0 atom stereocenters. The van der Waals surface area contributed by atoms with Crippen molar-refractivity contribution in [1.29, 1.82) is 0 Å². The molecule has 6 nitrogen and oxygen atoms in total. The van der Waals surface area contributed by atoms with Gasteiger partial charge in [-0.2, -0.15) is 0 Å². The van der Waals surface area contributed by atoms with Gasteiger partial charge in [-0.25, -0.2) is 0 Å². The smallest absolute Gasteiger partial charge is 0.221 e. The molecule has 1 N–H and O–H groups in total. The quantitative estimate of drug-likeness (QED) is 0.375. The summed E-state index contributed by atoms with van der Waals surface area (Å²) in [6, 6.07) is 20.6. The standard InChI is InChI=1S/C25H27N5OS/c1-5-29-24(21-10-14-23(15-11-21)30-17(2)6-7-18(30)3)27-28-25(29)32-16-20-8-12-22(13-9-20)26-19(4)31/h6-15H,5,16H2,1-4H3,(H,26,31). The summed E-state index contributed by atoms with van der Waals surface area (Å²) in [7, 11) is 0. The fraction of sp³-hybridized carbons (Fsp3) is 0.240. The minimum atomic E-state index is -0.0673. The lowest BCUT2D eigenvalue weighted by Gasteiger charge is -2.11. The minimum absolute atomic E-state index is 0.0673. The molecule has 0 aliphatic carbocycles.